The quantitative estimate of drug-likeness (QED) is 0.758. The van der Waals surface area contributed by atoms with Gasteiger partial charge in [0.15, 0.2) is 0 Å². The molecule has 0 aliphatic heterocycles. The topological polar surface area (TPSA) is 58.6 Å². The van der Waals surface area contributed by atoms with Crippen LogP contribution in [0, 0.1) is 5.41 Å². The number of aliphatic hydroxyl groups excluding tert-OH is 1. The third-order valence-electron chi connectivity index (χ3n) is 4.11. The highest BCUT2D eigenvalue weighted by molar-refractivity contribution is 5.94. The van der Waals surface area contributed by atoms with Crippen molar-refractivity contribution in [2.24, 2.45) is 5.41 Å². The van der Waals surface area contributed by atoms with E-state index in [0.29, 0.717) is 24.5 Å². The molecule has 0 spiro atoms. The Labute approximate surface area is 125 Å². The lowest BCUT2D eigenvalue weighted by molar-refractivity contribution is 0.0880. The maximum absolute atomic E-state index is 12.1. The highest BCUT2D eigenvalue weighted by atomic mass is 16.5. The van der Waals surface area contributed by atoms with E-state index in [1.807, 2.05) is 0 Å². The lowest BCUT2D eigenvalue weighted by Crippen LogP contribution is -2.38. The summed E-state index contributed by atoms with van der Waals surface area (Å²) in [7, 11) is 0. The molecule has 0 atom stereocenters. The highest BCUT2D eigenvalue weighted by Gasteiger charge is 2.33. The van der Waals surface area contributed by atoms with Crippen molar-refractivity contribution < 1.29 is 14.6 Å². The molecule has 0 saturated heterocycles. The van der Waals surface area contributed by atoms with Gasteiger partial charge in [0.2, 0.25) is 0 Å². The standard InChI is InChI=1S/C17H23NO3/c1-2-11-21-15-7-5-14(6-8-15)16(20)18-12-17(13-19)9-3-4-10-17/h2,5-8,19H,1,3-4,9-13H2,(H,18,20). The van der Waals surface area contributed by atoms with Crippen LogP contribution in [0.3, 0.4) is 0 Å². The summed E-state index contributed by atoms with van der Waals surface area (Å²) in [4.78, 5) is 12.1. The Balaban J connectivity index is 1.89. The fourth-order valence-electron chi connectivity index (χ4n) is 2.74. The number of carbonyl (C=O) groups excluding carboxylic acids is 1. The number of amides is 1. The molecule has 2 N–H and O–H groups in total. The minimum absolute atomic E-state index is 0.106. The number of nitrogens with one attached hydrogen (secondary N) is 1. The van der Waals surface area contributed by atoms with Gasteiger partial charge in [-0.2, -0.15) is 0 Å². The first-order chi connectivity index (χ1) is 10.2. The minimum Gasteiger partial charge on any atom is -0.490 e. The highest BCUT2D eigenvalue weighted by Crippen LogP contribution is 2.36. The molecule has 1 aliphatic rings. The summed E-state index contributed by atoms with van der Waals surface area (Å²) in [5, 5.41) is 12.5. The van der Waals surface area contributed by atoms with Crippen molar-refractivity contribution in [1.82, 2.24) is 5.32 Å². The Kier molecular flexibility index (Phi) is 5.39. The van der Waals surface area contributed by atoms with E-state index in [1.54, 1.807) is 30.3 Å². The first-order valence-electron chi connectivity index (χ1n) is 7.42. The molecule has 1 aliphatic carbocycles. The summed E-state index contributed by atoms with van der Waals surface area (Å²) in [5.74, 6) is 0.610. The third-order valence-corrected chi connectivity index (χ3v) is 4.11. The molecule has 1 aromatic carbocycles. The van der Waals surface area contributed by atoms with Gasteiger partial charge in [-0.05, 0) is 37.1 Å². The predicted molar refractivity (Wildman–Crippen MR) is 82.5 cm³/mol. The van der Waals surface area contributed by atoms with Gasteiger partial charge in [-0.3, -0.25) is 4.79 Å². The van der Waals surface area contributed by atoms with Crippen LogP contribution < -0.4 is 10.1 Å². The molecule has 21 heavy (non-hydrogen) atoms. The lowest BCUT2D eigenvalue weighted by atomic mass is 9.87. The number of benzene rings is 1. The van der Waals surface area contributed by atoms with Crippen LogP contribution in [0.25, 0.3) is 0 Å². The molecule has 0 bridgehead atoms. The van der Waals surface area contributed by atoms with Crippen LogP contribution in [0.4, 0.5) is 0 Å². The van der Waals surface area contributed by atoms with E-state index in [-0.39, 0.29) is 17.9 Å². The van der Waals surface area contributed by atoms with Crippen molar-refractivity contribution in [2.45, 2.75) is 25.7 Å². The molecule has 0 aromatic heterocycles. The molecule has 1 amide bonds. The van der Waals surface area contributed by atoms with Crippen LogP contribution in [-0.4, -0.2) is 30.8 Å². The molecule has 0 heterocycles. The van der Waals surface area contributed by atoms with Gasteiger partial charge in [0.25, 0.3) is 5.91 Å². The molecule has 114 valence electrons. The second kappa shape index (κ2) is 7.27. The number of rotatable bonds is 7. The smallest absolute Gasteiger partial charge is 0.251 e. The number of ether oxygens (including phenoxy) is 1. The van der Waals surface area contributed by atoms with Gasteiger partial charge < -0.3 is 15.2 Å². The van der Waals surface area contributed by atoms with Gasteiger partial charge in [-0.15, -0.1) is 0 Å². The van der Waals surface area contributed by atoms with Crippen LogP contribution in [0.1, 0.15) is 36.0 Å². The first kappa shape index (κ1) is 15.6. The van der Waals surface area contributed by atoms with E-state index in [0.717, 1.165) is 25.7 Å². The Morgan fingerprint density at radius 2 is 2.00 bits per heavy atom. The van der Waals surface area contributed by atoms with Gasteiger partial charge in [0.05, 0.1) is 6.61 Å². The first-order valence-corrected chi connectivity index (χ1v) is 7.42. The van der Waals surface area contributed by atoms with Crippen molar-refractivity contribution in [3.8, 4) is 5.75 Å². The Morgan fingerprint density at radius 3 is 2.57 bits per heavy atom. The monoisotopic (exact) mass is 289 g/mol. The van der Waals surface area contributed by atoms with Gasteiger partial charge in [-0.1, -0.05) is 25.5 Å². The fraction of sp³-hybridized carbons (Fsp3) is 0.471. The number of aliphatic hydroxyl groups is 1. The average molecular weight is 289 g/mol. The van der Waals surface area contributed by atoms with Gasteiger partial charge in [0.1, 0.15) is 12.4 Å². The van der Waals surface area contributed by atoms with Crippen molar-refractivity contribution in [1.29, 1.82) is 0 Å². The fourth-order valence-corrected chi connectivity index (χ4v) is 2.74. The Bertz CT molecular complexity index is 475. The zero-order valence-electron chi connectivity index (χ0n) is 12.3. The van der Waals surface area contributed by atoms with E-state index >= 15 is 0 Å². The number of hydrogen-bond donors (Lipinski definition) is 2. The van der Waals surface area contributed by atoms with E-state index in [9.17, 15) is 9.90 Å². The zero-order valence-corrected chi connectivity index (χ0v) is 12.3. The Hall–Kier alpha value is -1.81. The Morgan fingerprint density at radius 1 is 1.33 bits per heavy atom. The van der Waals surface area contributed by atoms with Crippen molar-refractivity contribution in [3.63, 3.8) is 0 Å². The predicted octanol–water partition coefficient (Wildman–Crippen LogP) is 2.53. The summed E-state index contributed by atoms with van der Waals surface area (Å²) in [5.41, 5.74) is 0.481. The number of hydrogen-bond acceptors (Lipinski definition) is 3. The summed E-state index contributed by atoms with van der Waals surface area (Å²) in [6.07, 6.45) is 5.91. The van der Waals surface area contributed by atoms with E-state index in [2.05, 4.69) is 11.9 Å². The second-order valence-electron chi connectivity index (χ2n) is 5.67. The molecule has 4 nitrogen and oxygen atoms in total. The molecular formula is C17H23NO3. The van der Waals surface area contributed by atoms with Crippen LogP contribution in [0.2, 0.25) is 0 Å². The molecule has 1 saturated carbocycles. The van der Waals surface area contributed by atoms with E-state index in [1.165, 1.54) is 0 Å². The molecular weight excluding hydrogens is 266 g/mol. The van der Waals surface area contributed by atoms with E-state index in [4.69, 9.17) is 4.74 Å². The maximum atomic E-state index is 12.1. The van der Waals surface area contributed by atoms with Gasteiger partial charge in [-0.25, -0.2) is 0 Å². The minimum atomic E-state index is -0.122. The molecule has 0 radical (unpaired) electrons. The molecule has 1 fully saturated rings. The van der Waals surface area contributed by atoms with Crippen molar-refractivity contribution in [3.05, 3.63) is 42.5 Å². The summed E-state index contributed by atoms with van der Waals surface area (Å²) in [6, 6.07) is 7.04. The molecule has 2 rings (SSSR count). The maximum Gasteiger partial charge on any atom is 0.251 e. The van der Waals surface area contributed by atoms with Gasteiger partial charge >= 0.3 is 0 Å². The van der Waals surface area contributed by atoms with Crippen molar-refractivity contribution >= 4 is 5.91 Å². The average Bonchev–Trinajstić information content (AvgIpc) is 3.00. The summed E-state index contributed by atoms with van der Waals surface area (Å²) < 4.78 is 5.38. The van der Waals surface area contributed by atoms with Crippen LogP contribution in [-0.2, 0) is 0 Å². The largest absolute Gasteiger partial charge is 0.490 e. The second-order valence-corrected chi connectivity index (χ2v) is 5.67. The van der Waals surface area contributed by atoms with Crippen LogP contribution in [0.5, 0.6) is 5.75 Å². The molecule has 4 heteroatoms. The third kappa shape index (κ3) is 4.08. The normalized spacial score (nSPS) is 16.4. The van der Waals surface area contributed by atoms with Crippen LogP contribution in [0.15, 0.2) is 36.9 Å². The van der Waals surface area contributed by atoms with E-state index < -0.39 is 0 Å². The zero-order chi connectivity index (χ0) is 15.1. The molecule has 1 aromatic rings. The lowest BCUT2D eigenvalue weighted by Gasteiger charge is -2.26. The SMILES string of the molecule is C=CCOc1ccc(C(=O)NCC2(CO)CCCC2)cc1. The van der Waals surface area contributed by atoms with Crippen molar-refractivity contribution in [2.75, 3.05) is 19.8 Å². The van der Waals surface area contributed by atoms with Crippen LogP contribution >= 0.6 is 0 Å². The molecule has 0 unspecified atom stereocenters. The summed E-state index contributed by atoms with van der Waals surface area (Å²) >= 11 is 0. The number of carbonyl (C=O) groups is 1. The van der Waals surface area contributed by atoms with Gasteiger partial charge in [0, 0.05) is 17.5 Å². The summed E-state index contributed by atoms with van der Waals surface area (Å²) in [6.45, 7) is 4.72.